The highest BCUT2D eigenvalue weighted by Gasteiger charge is 2.13. The molecule has 0 aromatic heterocycles. The third kappa shape index (κ3) is 5.00. The summed E-state index contributed by atoms with van der Waals surface area (Å²) in [6.45, 7) is 7.05. The summed E-state index contributed by atoms with van der Waals surface area (Å²) in [4.78, 5) is 22.0. The number of amides is 1. The van der Waals surface area contributed by atoms with E-state index < -0.39 is 12.1 Å². The van der Waals surface area contributed by atoms with E-state index >= 15 is 0 Å². The van der Waals surface area contributed by atoms with Crippen LogP contribution >= 0.6 is 0 Å². The van der Waals surface area contributed by atoms with Gasteiger partial charge in [-0.25, -0.2) is 4.79 Å². The van der Waals surface area contributed by atoms with E-state index in [0.717, 1.165) is 0 Å². The lowest BCUT2D eigenvalue weighted by atomic mass is 10.1. The van der Waals surface area contributed by atoms with Crippen LogP contribution < -0.4 is 5.32 Å². The van der Waals surface area contributed by atoms with Crippen LogP contribution in [-0.2, 0) is 9.53 Å². The van der Waals surface area contributed by atoms with E-state index in [1.807, 2.05) is 0 Å². The molecule has 0 aromatic rings. The van der Waals surface area contributed by atoms with Gasteiger partial charge in [0.1, 0.15) is 0 Å². The SMILES string of the molecule is C=CCC(=O)[C@H](C)NC(=O)OCC. The summed E-state index contributed by atoms with van der Waals surface area (Å²) in [5, 5.41) is 2.41. The molecule has 0 aromatic carbocycles. The third-order valence-electron chi connectivity index (χ3n) is 1.44. The second kappa shape index (κ2) is 6.22. The lowest BCUT2D eigenvalue weighted by Crippen LogP contribution is -2.38. The predicted molar refractivity (Wildman–Crippen MR) is 49.4 cm³/mol. The fourth-order valence-electron chi connectivity index (χ4n) is 0.749. The molecule has 0 heterocycles. The highest BCUT2D eigenvalue weighted by molar-refractivity contribution is 5.87. The molecule has 1 atom stereocenters. The molecule has 4 heteroatoms. The summed E-state index contributed by atoms with van der Waals surface area (Å²) in [6.07, 6.45) is 1.20. The molecule has 13 heavy (non-hydrogen) atoms. The number of rotatable bonds is 5. The summed E-state index contributed by atoms with van der Waals surface area (Å²) in [6, 6.07) is -0.517. The first-order valence-electron chi connectivity index (χ1n) is 4.18. The minimum Gasteiger partial charge on any atom is -0.450 e. The molecular weight excluding hydrogens is 170 g/mol. The van der Waals surface area contributed by atoms with E-state index in [1.54, 1.807) is 13.8 Å². The van der Waals surface area contributed by atoms with Gasteiger partial charge < -0.3 is 10.1 Å². The number of alkyl carbamates (subject to hydrolysis) is 1. The zero-order valence-electron chi connectivity index (χ0n) is 8.00. The van der Waals surface area contributed by atoms with Crippen molar-refractivity contribution in [2.24, 2.45) is 0 Å². The maximum atomic E-state index is 11.1. The van der Waals surface area contributed by atoms with Crippen molar-refractivity contribution >= 4 is 11.9 Å². The zero-order chi connectivity index (χ0) is 10.3. The van der Waals surface area contributed by atoms with Crippen molar-refractivity contribution in [3.63, 3.8) is 0 Å². The number of carbonyl (C=O) groups is 2. The van der Waals surface area contributed by atoms with E-state index in [2.05, 4.69) is 16.6 Å². The maximum Gasteiger partial charge on any atom is 0.407 e. The number of ketones is 1. The van der Waals surface area contributed by atoms with Gasteiger partial charge in [-0.2, -0.15) is 0 Å². The van der Waals surface area contributed by atoms with Crippen LogP contribution in [0.4, 0.5) is 4.79 Å². The number of hydrogen-bond acceptors (Lipinski definition) is 3. The van der Waals surface area contributed by atoms with Gasteiger partial charge in [-0.15, -0.1) is 6.58 Å². The summed E-state index contributed by atoms with van der Waals surface area (Å²) in [5.41, 5.74) is 0. The minimum absolute atomic E-state index is 0.0805. The molecule has 0 aliphatic carbocycles. The fourth-order valence-corrected chi connectivity index (χ4v) is 0.749. The van der Waals surface area contributed by atoms with Crippen LogP contribution in [0.1, 0.15) is 20.3 Å². The quantitative estimate of drug-likeness (QED) is 0.656. The lowest BCUT2D eigenvalue weighted by molar-refractivity contribution is -0.119. The minimum atomic E-state index is -0.563. The van der Waals surface area contributed by atoms with Crippen LogP contribution in [0.25, 0.3) is 0 Å². The smallest absolute Gasteiger partial charge is 0.407 e. The second-order valence-corrected chi connectivity index (χ2v) is 2.55. The lowest BCUT2D eigenvalue weighted by Gasteiger charge is -2.10. The van der Waals surface area contributed by atoms with E-state index in [0.29, 0.717) is 6.61 Å². The van der Waals surface area contributed by atoms with Crippen LogP contribution in [0.3, 0.4) is 0 Å². The molecule has 0 aliphatic rings. The number of allylic oxidation sites excluding steroid dienone is 1. The molecular formula is C9H15NO3. The maximum absolute atomic E-state index is 11.1. The van der Waals surface area contributed by atoms with Gasteiger partial charge in [0.05, 0.1) is 12.6 Å². The van der Waals surface area contributed by atoms with Crippen molar-refractivity contribution < 1.29 is 14.3 Å². The van der Waals surface area contributed by atoms with Crippen LogP contribution in [0.5, 0.6) is 0 Å². The molecule has 0 aliphatic heterocycles. The van der Waals surface area contributed by atoms with Crippen molar-refractivity contribution in [2.45, 2.75) is 26.3 Å². The van der Waals surface area contributed by atoms with Crippen molar-refractivity contribution in [3.05, 3.63) is 12.7 Å². The van der Waals surface area contributed by atoms with Gasteiger partial charge in [-0.3, -0.25) is 4.79 Å². The summed E-state index contributed by atoms with van der Waals surface area (Å²) >= 11 is 0. The van der Waals surface area contributed by atoms with Gasteiger partial charge in [0.15, 0.2) is 5.78 Å². The Balaban J connectivity index is 3.84. The van der Waals surface area contributed by atoms with Crippen molar-refractivity contribution in [1.29, 1.82) is 0 Å². The molecule has 74 valence electrons. The highest BCUT2D eigenvalue weighted by Crippen LogP contribution is 1.92. The summed E-state index contributed by atoms with van der Waals surface area (Å²) < 4.78 is 4.61. The molecule has 0 unspecified atom stereocenters. The van der Waals surface area contributed by atoms with E-state index in [9.17, 15) is 9.59 Å². The Morgan fingerprint density at radius 2 is 2.23 bits per heavy atom. The van der Waals surface area contributed by atoms with Crippen LogP contribution in [0, 0.1) is 0 Å². The van der Waals surface area contributed by atoms with Gasteiger partial charge in [0.2, 0.25) is 0 Å². The molecule has 0 rings (SSSR count). The van der Waals surface area contributed by atoms with Gasteiger partial charge >= 0.3 is 6.09 Å². The molecule has 4 nitrogen and oxygen atoms in total. The van der Waals surface area contributed by atoms with E-state index in [-0.39, 0.29) is 12.2 Å². The largest absolute Gasteiger partial charge is 0.450 e. The molecule has 1 amide bonds. The molecule has 0 spiro atoms. The predicted octanol–water partition coefficient (Wildman–Crippen LogP) is 1.27. The van der Waals surface area contributed by atoms with Crippen molar-refractivity contribution in [3.8, 4) is 0 Å². The second-order valence-electron chi connectivity index (χ2n) is 2.55. The Bertz CT molecular complexity index is 201. The van der Waals surface area contributed by atoms with Crippen LogP contribution in [0.2, 0.25) is 0 Å². The Labute approximate surface area is 78.0 Å². The summed E-state index contributed by atoms with van der Waals surface area (Å²) in [7, 11) is 0. The number of nitrogens with one attached hydrogen (secondary N) is 1. The molecule has 0 saturated carbocycles. The normalized spacial score (nSPS) is 11.5. The standard InChI is InChI=1S/C9H15NO3/c1-4-6-8(11)7(3)10-9(12)13-5-2/h4,7H,1,5-6H2,2-3H3,(H,10,12)/t7-/m0/s1. The van der Waals surface area contributed by atoms with Gasteiger partial charge in [-0.05, 0) is 13.8 Å². The van der Waals surface area contributed by atoms with Crippen LogP contribution in [-0.4, -0.2) is 24.5 Å². The number of ether oxygens (including phenoxy) is 1. The number of hydrogen-bond donors (Lipinski definition) is 1. The molecule has 0 radical (unpaired) electrons. The Hall–Kier alpha value is -1.32. The molecule has 0 bridgehead atoms. The zero-order valence-corrected chi connectivity index (χ0v) is 8.00. The first-order chi connectivity index (χ1) is 6.11. The molecule has 1 N–H and O–H groups in total. The van der Waals surface area contributed by atoms with E-state index in [1.165, 1.54) is 6.08 Å². The average Bonchev–Trinajstić information content (AvgIpc) is 2.05. The van der Waals surface area contributed by atoms with Gasteiger partial charge in [0.25, 0.3) is 0 Å². The third-order valence-corrected chi connectivity index (χ3v) is 1.44. The van der Waals surface area contributed by atoms with E-state index in [4.69, 9.17) is 0 Å². The van der Waals surface area contributed by atoms with Crippen LogP contribution in [0.15, 0.2) is 12.7 Å². The number of Topliss-reactive ketones (excluding diaryl/α,β-unsaturated/α-hetero) is 1. The first-order valence-corrected chi connectivity index (χ1v) is 4.18. The van der Waals surface area contributed by atoms with Gasteiger partial charge in [0, 0.05) is 6.42 Å². The first kappa shape index (κ1) is 11.7. The monoisotopic (exact) mass is 185 g/mol. The van der Waals surface area contributed by atoms with Crippen molar-refractivity contribution in [2.75, 3.05) is 6.61 Å². The summed E-state index contributed by atoms with van der Waals surface area (Å²) in [5.74, 6) is -0.0805. The Kier molecular flexibility index (Phi) is 5.59. The molecule has 0 saturated heterocycles. The molecule has 0 fully saturated rings. The van der Waals surface area contributed by atoms with Gasteiger partial charge in [-0.1, -0.05) is 6.08 Å². The Morgan fingerprint density at radius 1 is 1.62 bits per heavy atom. The number of carbonyl (C=O) groups excluding carboxylic acids is 2. The average molecular weight is 185 g/mol. The highest BCUT2D eigenvalue weighted by atomic mass is 16.5. The Morgan fingerprint density at radius 3 is 2.69 bits per heavy atom. The fraction of sp³-hybridized carbons (Fsp3) is 0.556. The topological polar surface area (TPSA) is 55.4 Å². The van der Waals surface area contributed by atoms with Crippen molar-refractivity contribution in [1.82, 2.24) is 5.32 Å².